The molecule has 0 unspecified atom stereocenters. The lowest BCUT2D eigenvalue weighted by Gasteiger charge is -2.07. The van der Waals surface area contributed by atoms with Crippen LogP contribution in [0.4, 0.5) is 11.8 Å². The van der Waals surface area contributed by atoms with Crippen LogP contribution >= 0.6 is 0 Å². The van der Waals surface area contributed by atoms with Gasteiger partial charge in [-0.2, -0.15) is 4.98 Å². The summed E-state index contributed by atoms with van der Waals surface area (Å²) in [4.78, 5) is 11.8. The Morgan fingerprint density at radius 2 is 2.05 bits per heavy atom. The normalized spacial score (nSPS) is 11.0. The highest BCUT2D eigenvalue weighted by Gasteiger charge is 2.05. The summed E-state index contributed by atoms with van der Waals surface area (Å²) in [7, 11) is 0. The molecule has 2 heterocycles. The zero-order chi connectivity index (χ0) is 15.0. The Morgan fingerprint density at radius 1 is 1.24 bits per heavy atom. The average Bonchev–Trinajstić information content (AvgIpc) is 2.75. The molecule has 0 amide bonds. The zero-order valence-electron chi connectivity index (χ0n) is 12.5. The van der Waals surface area contributed by atoms with Crippen molar-refractivity contribution in [2.24, 2.45) is 0 Å². The van der Waals surface area contributed by atoms with Crippen molar-refractivity contribution in [3.8, 4) is 0 Å². The molecule has 0 saturated heterocycles. The number of benzene rings is 1. The predicted molar refractivity (Wildman–Crippen MR) is 86.3 cm³/mol. The molecule has 0 aliphatic heterocycles. The van der Waals surface area contributed by atoms with Crippen LogP contribution in [0.3, 0.4) is 0 Å². The number of nitrogens with one attached hydrogen (secondary N) is 2. The van der Waals surface area contributed by atoms with E-state index in [1.807, 2.05) is 6.92 Å². The van der Waals surface area contributed by atoms with Crippen LogP contribution < -0.4 is 11.1 Å². The maximum Gasteiger partial charge on any atom is 0.224 e. The summed E-state index contributed by atoms with van der Waals surface area (Å²) >= 11 is 0. The molecule has 0 fully saturated rings. The van der Waals surface area contributed by atoms with E-state index < -0.39 is 0 Å². The second-order valence-electron chi connectivity index (χ2n) is 5.37. The van der Waals surface area contributed by atoms with E-state index in [1.54, 1.807) is 6.20 Å². The first kappa shape index (κ1) is 13.4. The molecule has 0 radical (unpaired) electrons. The molecule has 0 aliphatic rings. The van der Waals surface area contributed by atoms with Gasteiger partial charge in [0.2, 0.25) is 5.95 Å². The second-order valence-corrected chi connectivity index (χ2v) is 5.37. The van der Waals surface area contributed by atoms with E-state index in [9.17, 15) is 0 Å². The van der Waals surface area contributed by atoms with Gasteiger partial charge in [0.25, 0.3) is 0 Å². The van der Waals surface area contributed by atoms with Gasteiger partial charge in [-0.05, 0) is 44.0 Å². The number of hydrogen-bond acceptors (Lipinski definition) is 4. The molecule has 2 aromatic heterocycles. The van der Waals surface area contributed by atoms with Gasteiger partial charge in [-0.15, -0.1) is 0 Å². The van der Waals surface area contributed by atoms with Crippen LogP contribution in [-0.4, -0.2) is 15.0 Å². The SMILES string of the molecule is Cc1cnc(NCc2ccc3[nH]c(C)c(C)c3c2)nc1N. The van der Waals surface area contributed by atoms with Crippen LogP contribution in [0.15, 0.2) is 24.4 Å². The quantitative estimate of drug-likeness (QED) is 0.689. The minimum atomic E-state index is 0.514. The van der Waals surface area contributed by atoms with Crippen LogP contribution in [0.1, 0.15) is 22.4 Å². The van der Waals surface area contributed by atoms with E-state index in [4.69, 9.17) is 5.73 Å². The molecule has 5 heteroatoms. The molecule has 1 aromatic carbocycles. The molecular formula is C16H19N5. The summed E-state index contributed by atoms with van der Waals surface area (Å²) in [6.45, 7) is 6.79. The first-order chi connectivity index (χ1) is 10.0. The number of nitrogens with two attached hydrogens (primary N) is 1. The Kier molecular flexibility index (Phi) is 3.25. The largest absolute Gasteiger partial charge is 0.383 e. The lowest BCUT2D eigenvalue weighted by Crippen LogP contribution is -2.06. The maximum absolute atomic E-state index is 5.79. The third kappa shape index (κ3) is 2.54. The molecule has 0 bridgehead atoms. The molecule has 21 heavy (non-hydrogen) atoms. The lowest BCUT2D eigenvalue weighted by atomic mass is 10.1. The Balaban J connectivity index is 1.81. The van der Waals surface area contributed by atoms with Gasteiger partial charge >= 0.3 is 0 Å². The lowest BCUT2D eigenvalue weighted by molar-refractivity contribution is 1.05. The topological polar surface area (TPSA) is 79.6 Å². The Bertz CT molecular complexity index is 804. The summed E-state index contributed by atoms with van der Waals surface area (Å²) in [5.41, 5.74) is 11.5. The number of aromatic nitrogens is 3. The molecule has 108 valence electrons. The first-order valence-corrected chi connectivity index (χ1v) is 6.95. The number of hydrogen-bond donors (Lipinski definition) is 3. The molecule has 5 nitrogen and oxygen atoms in total. The fourth-order valence-electron chi connectivity index (χ4n) is 2.34. The highest BCUT2D eigenvalue weighted by molar-refractivity contribution is 5.85. The van der Waals surface area contributed by atoms with Gasteiger partial charge in [-0.1, -0.05) is 6.07 Å². The molecule has 0 atom stereocenters. The summed E-state index contributed by atoms with van der Waals surface area (Å²) in [6, 6.07) is 6.40. The van der Waals surface area contributed by atoms with Crippen molar-refractivity contribution >= 4 is 22.7 Å². The van der Waals surface area contributed by atoms with Crippen molar-refractivity contribution in [2.45, 2.75) is 27.3 Å². The van der Waals surface area contributed by atoms with Gasteiger partial charge in [-0.25, -0.2) is 4.98 Å². The molecule has 3 aromatic rings. The summed E-state index contributed by atoms with van der Waals surface area (Å²) < 4.78 is 0. The number of fused-ring (bicyclic) bond motifs is 1. The van der Waals surface area contributed by atoms with E-state index >= 15 is 0 Å². The molecule has 4 N–H and O–H groups in total. The fourth-order valence-corrected chi connectivity index (χ4v) is 2.34. The van der Waals surface area contributed by atoms with Crippen molar-refractivity contribution in [3.05, 3.63) is 46.8 Å². The fraction of sp³-hybridized carbons (Fsp3) is 0.250. The minimum absolute atomic E-state index is 0.514. The van der Waals surface area contributed by atoms with Crippen molar-refractivity contribution < 1.29 is 0 Å². The maximum atomic E-state index is 5.79. The highest BCUT2D eigenvalue weighted by atomic mass is 15.1. The zero-order valence-corrected chi connectivity index (χ0v) is 12.5. The minimum Gasteiger partial charge on any atom is -0.383 e. The Hall–Kier alpha value is -2.56. The third-order valence-electron chi connectivity index (χ3n) is 3.83. The number of rotatable bonds is 3. The highest BCUT2D eigenvalue weighted by Crippen LogP contribution is 2.22. The van der Waals surface area contributed by atoms with Gasteiger partial charge in [0.1, 0.15) is 5.82 Å². The number of aryl methyl sites for hydroxylation is 3. The smallest absolute Gasteiger partial charge is 0.224 e. The van der Waals surface area contributed by atoms with Gasteiger partial charge in [0, 0.05) is 34.9 Å². The molecule has 3 rings (SSSR count). The Labute approximate surface area is 123 Å². The molecule has 0 spiro atoms. The molecule has 0 saturated carbocycles. The van der Waals surface area contributed by atoms with Crippen LogP contribution in [0.25, 0.3) is 10.9 Å². The molecule has 0 aliphatic carbocycles. The van der Waals surface area contributed by atoms with Gasteiger partial charge < -0.3 is 16.0 Å². The van der Waals surface area contributed by atoms with E-state index in [-0.39, 0.29) is 0 Å². The van der Waals surface area contributed by atoms with E-state index in [0.29, 0.717) is 18.3 Å². The number of nitrogen functional groups attached to an aromatic ring is 1. The van der Waals surface area contributed by atoms with Crippen LogP contribution in [0, 0.1) is 20.8 Å². The van der Waals surface area contributed by atoms with Gasteiger partial charge in [0.15, 0.2) is 0 Å². The third-order valence-corrected chi connectivity index (χ3v) is 3.83. The van der Waals surface area contributed by atoms with E-state index in [0.717, 1.165) is 5.56 Å². The van der Waals surface area contributed by atoms with Crippen molar-refractivity contribution in [3.63, 3.8) is 0 Å². The van der Waals surface area contributed by atoms with Crippen LogP contribution in [-0.2, 0) is 6.54 Å². The number of H-pyrrole nitrogens is 1. The van der Waals surface area contributed by atoms with Gasteiger partial charge in [0.05, 0.1) is 0 Å². The first-order valence-electron chi connectivity index (χ1n) is 6.95. The Morgan fingerprint density at radius 3 is 2.81 bits per heavy atom. The monoisotopic (exact) mass is 281 g/mol. The van der Waals surface area contributed by atoms with Crippen molar-refractivity contribution in [1.29, 1.82) is 0 Å². The van der Waals surface area contributed by atoms with Crippen LogP contribution in [0.5, 0.6) is 0 Å². The van der Waals surface area contributed by atoms with Crippen LogP contribution in [0.2, 0.25) is 0 Å². The molecular weight excluding hydrogens is 262 g/mol. The standard InChI is InChI=1S/C16H19N5/c1-9-7-18-16(21-15(9)17)19-8-12-4-5-14-13(6-12)10(2)11(3)20-14/h4-7,20H,8H2,1-3H3,(H3,17,18,19,21). The number of nitrogens with zero attached hydrogens (tertiary/aromatic N) is 2. The van der Waals surface area contributed by atoms with Gasteiger partial charge in [-0.3, -0.25) is 0 Å². The summed E-state index contributed by atoms with van der Waals surface area (Å²) in [5.74, 6) is 1.07. The van der Waals surface area contributed by atoms with Crippen molar-refractivity contribution in [1.82, 2.24) is 15.0 Å². The predicted octanol–water partition coefficient (Wildman–Crippen LogP) is 3.08. The van der Waals surface area contributed by atoms with E-state index in [2.05, 4.69) is 52.3 Å². The summed E-state index contributed by atoms with van der Waals surface area (Å²) in [5, 5.41) is 4.47. The average molecular weight is 281 g/mol. The number of aromatic amines is 1. The summed E-state index contributed by atoms with van der Waals surface area (Å²) in [6.07, 6.45) is 1.73. The van der Waals surface area contributed by atoms with E-state index in [1.165, 1.54) is 27.7 Å². The van der Waals surface area contributed by atoms with Crippen molar-refractivity contribution in [2.75, 3.05) is 11.1 Å². The number of anilines is 2. The second kappa shape index (κ2) is 5.09.